The number of hydrogen-bond acceptors (Lipinski definition) is 6. The number of nitrogens with zero attached hydrogens (tertiary/aromatic N) is 3. The number of carbonyl (C=O) groups excluding carboxylic acids is 1. The van der Waals surface area contributed by atoms with E-state index in [4.69, 9.17) is 4.74 Å². The Morgan fingerprint density at radius 2 is 2.06 bits per heavy atom. The van der Waals surface area contributed by atoms with Gasteiger partial charge in [0.1, 0.15) is 10.1 Å². The van der Waals surface area contributed by atoms with E-state index in [1.807, 2.05) is 59.4 Å². The van der Waals surface area contributed by atoms with E-state index in [0.29, 0.717) is 5.56 Å². The zero-order valence-electron chi connectivity index (χ0n) is 17.0. The number of methoxy groups -OCH3 is 1. The Balaban J connectivity index is 1.37. The number of hydrazone groups is 1. The first-order chi connectivity index (χ1) is 15.2. The fraction of sp³-hybridized carbons (Fsp3) is 0.174. The number of amides is 1. The van der Waals surface area contributed by atoms with Gasteiger partial charge in [0.2, 0.25) is 0 Å². The molecule has 31 heavy (non-hydrogen) atoms. The predicted molar refractivity (Wildman–Crippen MR) is 130 cm³/mol. The maximum atomic E-state index is 12.4. The standard InChI is InChI=1S/C23H22N4O2S2/c1-29-21-9-4-17(14-19(21)16-31-23-24-10-13-30-23)15-25-26-22(28)18-5-7-20(8-6-18)27-11-2-3-12-27/h2-9,11-12,14-15H,10,13,16H2,1H3,(H,26,28)/b25-15+. The Morgan fingerprint density at radius 3 is 2.77 bits per heavy atom. The number of ether oxygens (including phenoxy) is 1. The van der Waals surface area contributed by atoms with Crippen LogP contribution in [0.4, 0.5) is 0 Å². The van der Waals surface area contributed by atoms with Crippen LogP contribution >= 0.6 is 23.5 Å². The van der Waals surface area contributed by atoms with Gasteiger partial charge in [0.25, 0.3) is 5.91 Å². The van der Waals surface area contributed by atoms with E-state index < -0.39 is 0 Å². The van der Waals surface area contributed by atoms with Crippen LogP contribution in [0.1, 0.15) is 21.5 Å². The summed E-state index contributed by atoms with van der Waals surface area (Å²) in [7, 11) is 1.67. The molecule has 1 aromatic heterocycles. The normalized spacial score (nSPS) is 13.4. The van der Waals surface area contributed by atoms with Gasteiger partial charge in [0, 0.05) is 40.7 Å². The minimum Gasteiger partial charge on any atom is -0.496 e. The molecule has 0 unspecified atom stereocenters. The van der Waals surface area contributed by atoms with Gasteiger partial charge in [-0.2, -0.15) is 5.10 Å². The molecule has 0 atom stereocenters. The molecule has 2 aromatic carbocycles. The number of rotatable bonds is 7. The molecule has 6 nitrogen and oxygen atoms in total. The van der Waals surface area contributed by atoms with Crippen LogP contribution in [0.5, 0.6) is 5.75 Å². The van der Waals surface area contributed by atoms with Crippen LogP contribution in [0.15, 0.2) is 77.1 Å². The highest BCUT2D eigenvalue weighted by molar-refractivity contribution is 8.38. The van der Waals surface area contributed by atoms with Crippen LogP contribution in [-0.4, -0.2) is 40.5 Å². The van der Waals surface area contributed by atoms with Crippen LogP contribution in [0.25, 0.3) is 5.69 Å². The maximum Gasteiger partial charge on any atom is 0.271 e. The Hall–Kier alpha value is -2.97. The molecule has 8 heteroatoms. The molecule has 2 heterocycles. The van der Waals surface area contributed by atoms with Gasteiger partial charge in [-0.1, -0.05) is 23.5 Å². The molecule has 4 rings (SSSR count). The van der Waals surface area contributed by atoms with Crippen molar-refractivity contribution in [2.75, 3.05) is 19.4 Å². The summed E-state index contributed by atoms with van der Waals surface area (Å²) in [4.78, 5) is 16.9. The Labute approximate surface area is 189 Å². The number of carbonyl (C=O) groups is 1. The Morgan fingerprint density at radius 1 is 1.26 bits per heavy atom. The lowest BCUT2D eigenvalue weighted by Gasteiger charge is -2.09. The fourth-order valence-electron chi connectivity index (χ4n) is 3.06. The van der Waals surface area contributed by atoms with Gasteiger partial charge in [-0.3, -0.25) is 9.79 Å². The molecule has 0 saturated carbocycles. The van der Waals surface area contributed by atoms with Crippen LogP contribution < -0.4 is 10.2 Å². The highest BCUT2D eigenvalue weighted by Gasteiger charge is 2.11. The molecule has 1 N–H and O–H groups in total. The summed E-state index contributed by atoms with van der Waals surface area (Å²) in [6.45, 7) is 0.894. The molecule has 0 bridgehead atoms. The fourth-order valence-corrected chi connectivity index (χ4v) is 5.04. The van der Waals surface area contributed by atoms with Gasteiger partial charge in [0.15, 0.2) is 0 Å². The van der Waals surface area contributed by atoms with Crippen molar-refractivity contribution in [3.63, 3.8) is 0 Å². The number of thioether (sulfide) groups is 2. The lowest BCUT2D eigenvalue weighted by molar-refractivity contribution is 0.0955. The van der Waals surface area contributed by atoms with Crippen LogP contribution in [0, 0.1) is 0 Å². The van der Waals surface area contributed by atoms with E-state index in [2.05, 4.69) is 15.5 Å². The molecule has 1 aliphatic rings. The SMILES string of the molecule is COc1ccc(/C=N/NC(=O)c2ccc(-n3cccc3)cc2)cc1CSC1=NCCS1. The number of aliphatic imine (C=N–C) groups is 1. The second-order valence-corrected chi connectivity index (χ2v) is 9.00. The van der Waals surface area contributed by atoms with Crippen molar-refractivity contribution >= 4 is 40.0 Å². The van der Waals surface area contributed by atoms with Crippen molar-refractivity contribution in [2.45, 2.75) is 5.75 Å². The molecule has 158 valence electrons. The van der Waals surface area contributed by atoms with E-state index in [1.54, 1.807) is 49.0 Å². The number of benzene rings is 2. The van der Waals surface area contributed by atoms with Crippen molar-refractivity contribution in [2.24, 2.45) is 10.1 Å². The van der Waals surface area contributed by atoms with E-state index in [-0.39, 0.29) is 5.91 Å². The quantitative estimate of drug-likeness (QED) is 0.422. The van der Waals surface area contributed by atoms with Crippen molar-refractivity contribution in [3.8, 4) is 11.4 Å². The minimum atomic E-state index is -0.254. The zero-order chi connectivity index (χ0) is 21.5. The van der Waals surface area contributed by atoms with E-state index in [0.717, 1.165) is 45.0 Å². The molecule has 0 spiro atoms. The summed E-state index contributed by atoms with van der Waals surface area (Å²) in [5, 5.41) is 4.12. The van der Waals surface area contributed by atoms with Crippen LogP contribution in [0.3, 0.4) is 0 Å². The number of aromatic nitrogens is 1. The smallest absolute Gasteiger partial charge is 0.271 e. The zero-order valence-corrected chi connectivity index (χ0v) is 18.7. The first-order valence-corrected chi connectivity index (χ1v) is 11.7. The summed E-state index contributed by atoms with van der Waals surface area (Å²) < 4.78 is 8.58. The van der Waals surface area contributed by atoms with Gasteiger partial charge in [-0.05, 0) is 60.2 Å². The molecule has 0 fully saturated rings. The molecular formula is C23H22N4O2S2. The van der Waals surface area contributed by atoms with Gasteiger partial charge in [0.05, 0.1) is 19.9 Å². The van der Waals surface area contributed by atoms with Gasteiger partial charge >= 0.3 is 0 Å². The maximum absolute atomic E-state index is 12.4. The molecule has 0 radical (unpaired) electrons. The first-order valence-electron chi connectivity index (χ1n) is 9.77. The molecular weight excluding hydrogens is 428 g/mol. The topological polar surface area (TPSA) is 68.0 Å². The van der Waals surface area contributed by atoms with Crippen molar-refractivity contribution in [3.05, 3.63) is 83.7 Å². The van der Waals surface area contributed by atoms with Gasteiger partial charge in [-0.15, -0.1) is 0 Å². The average molecular weight is 451 g/mol. The highest BCUT2D eigenvalue weighted by atomic mass is 32.2. The van der Waals surface area contributed by atoms with Gasteiger partial charge in [-0.25, -0.2) is 5.43 Å². The lowest BCUT2D eigenvalue weighted by Crippen LogP contribution is -2.17. The summed E-state index contributed by atoms with van der Waals surface area (Å²) in [6.07, 6.45) is 5.56. The number of nitrogens with one attached hydrogen (secondary N) is 1. The lowest BCUT2D eigenvalue weighted by atomic mass is 10.1. The average Bonchev–Trinajstić information content (AvgIpc) is 3.52. The molecule has 1 aliphatic heterocycles. The van der Waals surface area contributed by atoms with Crippen molar-refractivity contribution in [1.29, 1.82) is 0 Å². The third-order valence-corrected chi connectivity index (χ3v) is 6.93. The molecule has 0 aliphatic carbocycles. The van der Waals surface area contributed by atoms with E-state index in [1.165, 1.54) is 0 Å². The predicted octanol–water partition coefficient (Wildman–Crippen LogP) is 4.59. The largest absolute Gasteiger partial charge is 0.496 e. The van der Waals surface area contributed by atoms with E-state index in [9.17, 15) is 4.79 Å². The first kappa shape index (κ1) is 21.3. The van der Waals surface area contributed by atoms with Gasteiger partial charge < -0.3 is 9.30 Å². The monoisotopic (exact) mass is 450 g/mol. The minimum absolute atomic E-state index is 0.254. The Kier molecular flexibility index (Phi) is 7.11. The third-order valence-electron chi connectivity index (χ3n) is 4.63. The van der Waals surface area contributed by atoms with E-state index >= 15 is 0 Å². The summed E-state index contributed by atoms with van der Waals surface area (Å²) in [6, 6.07) is 17.1. The third kappa shape index (κ3) is 5.59. The van der Waals surface area contributed by atoms with Crippen molar-refractivity contribution in [1.82, 2.24) is 9.99 Å². The highest BCUT2D eigenvalue weighted by Crippen LogP contribution is 2.29. The van der Waals surface area contributed by atoms with Crippen LogP contribution in [0.2, 0.25) is 0 Å². The molecule has 3 aromatic rings. The van der Waals surface area contributed by atoms with Crippen molar-refractivity contribution < 1.29 is 9.53 Å². The molecule has 1 amide bonds. The number of hydrogen-bond donors (Lipinski definition) is 1. The molecule has 0 saturated heterocycles. The second kappa shape index (κ2) is 10.4. The van der Waals surface area contributed by atoms with Crippen LogP contribution in [-0.2, 0) is 5.75 Å². The summed E-state index contributed by atoms with van der Waals surface area (Å²) >= 11 is 3.51. The summed E-state index contributed by atoms with van der Waals surface area (Å²) in [5.41, 5.74) is 6.10. The summed E-state index contributed by atoms with van der Waals surface area (Å²) in [5.74, 6) is 2.41. The Bertz CT molecular complexity index is 1090. The second-order valence-electron chi connectivity index (χ2n) is 6.69.